The fourth-order valence-electron chi connectivity index (χ4n) is 2.73. The van der Waals surface area contributed by atoms with E-state index in [1.54, 1.807) is 0 Å². The molecule has 0 fully saturated rings. The number of rotatable bonds is 2. The number of benzene rings is 1. The first-order chi connectivity index (χ1) is 9.65. The normalized spacial score (nSPS) is 17.6. The lowest BCUT2D eigenvalue weighted by Crippen LogP contribution is -2.30. The Morgan fingerprint density at radius 1 is 1.30 bits per heavy atom. The Labute approximate surface area is 124 Å². The number of nitrogens with zero attached hydrogens (tertiary/aromatic N) is 2. The molecular formula is C16H17N3S. The Bertz CT molecular complexity index is 636. The van der Waals surface area contributed by atoms with Crippen LogP contribution in [0.1, 0.15) is 18.2 Å². The second-order valence-electron chi connectivity index (χ2n) is 5.31. The maximum absolute atomic E-state index is 5.60. The highest BCUT2D eigenvalue weighted by atomic mass is 32.1. The number of hydrogen-bond donors (Lipinski definition) is 1. The van der Waals surface area contributed by atoms with Crippen molar-refractivity contribution >= 4 is 28.6 Å². The van der Waals surface area contributed by atoms with Gasteiger partial charge in [0.1, 0.15) is 4.99 Å². The third-order valence-electron chi connectivity index (χ3n) is 3.66. The Morgan fingerprint density at radius 3 is 2.80 bits per heavy atom. The van der Waals surface area contributed by atoms with Crippen LogP contribution in [0.4, 0.5) is 11.4 Å². The monoisotopic (exact) mass is 283 g/mol. The zero-order valence-corrected chi connectivity index (χ0v) is 12.2. The lowest BCUT2D eigenvalue weighted by molar-refractivity contribution is 0.562. The van der Waals surface area contributed by atoms with Crippen LogP contribution < -0.4 is 10.6 Å². The summed E-state index contributed by atoms with van der Waals surface area (Å²) in [5.74, 6) is 0.625. The van der Waals surface area contributed by atoms with Crippen molar-refractivity contribution in [1.82, 2.24) is 4.98 Å². The molecule has 20 heavy (non-hydrogen) atoms. The summed E-state index contributed by atoms with van der Waals surface area (Å²) in [7, 11) is 0. The van der Waals surface area contributed by atoms with Crippen LogP contribution in [0, 0.1) is 5.92 Å². The van der Waals surface area contributed by atoms with Crippen molar-refractivity contribution < 1.29 is 0 Å². The van der Waals surface area contributed by atoms with Gasteiger partial charge in [0.2, 0.25) is 0 Å². The Kier molecular flexibility index (Phi) is 3.40. The van der Waals surface area contributed by atoms with Crippen LogP contribution in [0.25, 0.3) is 0 Å². The van der Waals surface area contributed by atoms with Gasteiger partial charge in [-0.2, -0.15) is 0 Å². The molecule has 102 valence electrons. The summed E-state index contributed by atoms with van der Waals surface area (Å²) in [4.78, 5) is 7.00. The topological polar surface area (TPSA) is 42.1 Å². The van der Waals surface area contributed by atoms with E-state index >= 15 is 0 Å². The van der Waals surface area contributed by atoms with Gasteiger partial charge >= 0.3 is 0 Å². The van der Waals surface area contributed by atoms with Gasteiger partial charge in [0.15, 0.2) is 0 Å². The van der Waals surface area contributed by atoms with Gasteiger partial charge in [-0.25, -0.2) is 0 Å². The molecule has 2 heterocycles. The number of thiocarbonyl (C=S) groups is 1. The summed E-state index contributed by atoms with van der Waals surface area (Å²) in [5, 5.41) is 0. The number of nitrogens with two attached hydrogens (primary N) is 1. The minimum atomic E-state index is 0.337. The summed E-state index contributed by atoms with van der Waals surface area (Å²) >= 11 is 4.95. The molecule has 0 saturated carbocycles. The molecule has 0 bridgehead atoms. The molecule has 2 aromatic rings. The van der Waals surface area contributed by atoms with Crippen molar-refractivity contribution in [3.05, 3.63) is 53.9 Å². The number of fused-ring (bicyclic) bond motifs is 1. The van der Waals surface area contributed by atoms with Crippen LogP contribution in [-0.2, 0) is 6.42 Å². The summed E-state index contributed by atoms with van der Waals surface area (Å²) in [5.41, 5.74) is 10.0. The molecule has 3 nitrogen and oxygen atoms in total. The van der Waals surface area contributed by atoms with Crippen LogP contribution in [-0.4, -0.2) is 16.5 Å². The van der Waals surface area contributed by atoms with Crippen molar-refractivity contribution in [3.8, 4) is 0 Å². The summed E-state index contributed by atoms with van der Waals surface area (Å²) in [6.45, 7) is 3.28. The highest BCUT2D eigenvalue weighted by Crippen LogP contribution is 2.34. The van der Waals surface area contributed by atoms with Crippen LogP contribution in [0.15, 0.2) is 42.6 Å². The average molecular weight is 283 g/mol. The second kappa shape index (κ2) is 5.21. The number of aromatic nitrogens is 1. The standard InChI is InChI=1S/C16H17N3S/c1-11-8-12-4-2-3-5-15(12)19(10-11)13-6-7-14(16(17)20)18-9-13/h2-7,9,11H,8,10H2,1H3,(H2,17,20). The molecule has 1 aromatic heterocycles. The van der Waals surface area contributed by atoms with Crippen molar-refractivity contribution in [3.63, 3.8) is 0 Å². The van der Waals surface area contributed by atoms with Gasteiger partial charge in [-0.1, -0.05) is 37.3 Å². The van der Waals surface area contributed by atoms with Crippen LogP contribution in [0.5, 0.6) is 0 Å². The number of para-hydroxylation sites is 1. The molecule has 0 saturated heterocycles. The summed E-state index contributed by atoms with van der Waals surface area (Å²) in [6, 6.07) is 12.5. The first-order valence-electron chi connectivity index (χ1n) is 6.76. The molecule has 0 spiro atoms. The molecule has 1 atom stereocenters. The summed E-state index contributed by atoms with van der Waals surface area (Å²) < 4.78 is 0. The maximum Gasteiger partial charge on any atom is 0.122 e. The van der Waals surface area contributed by atoms with E-state index in [1.807, 2.05) is 18.3 Å². The third-order valence-corrected chi connectivity index (χ3v) is 3.87. The van der Waals surface area contributed by atoms with Gasteiger partial charge in [0, 0.05) is 12.2 Å². The fourth-order valence-corrected chi connectivity index (χ4v) is 2.85. The Hall–Kier alpha value is -1.94. The Morgan fingerprint density at radius 2 is 2.10 bits per heavy atom. The van der Waals surface area contributed by atoms with Crippen molar-refractivity contribution in [2.24, 2.45) is 11.7 Å². The molecule has 3 rings (SSSR count). The van der Waals surface area contributed by atoms with Crippen LogP contribution >= 0.6 is 12.2 Å². The molecule has 1 aromatic carbocycles. The van der Waals surface area contributed by atoms with Crippen molar-refractivity contribution in [2.75, 3.05) is 11.4 Å². The quantitative estimate of drug-likeness (QED) is 0.860. The number of pyridine rings is 1. The van der Waals surface area contributed by atoms with E-state index in [2.05, 4.69) is 41.1 Å². The van der Waals surface area contributed by atoms with E-state index in [0.717, 1.165) is 18.7 Å². The molecule has 4 heteroatoms. The van der Waals surface area contributed by atoms with Gasteiger partial charge in [0.25, 0.3) is 0 Å². The maximum atomic E-state index is 5.60. The Balaban J connectivity index is 1.99. The summed E-state index contributed by atoms with van der Waals surface area (Å²) in [6.07, 6.45) is 2.98. The highest BCUT2D eigenvalue weighted by molar-refractivity contribution is 7.80. The molecule has 1 aliphatic heterocycles. The van der Waals surface area contributed by atoms with E-state index in [0.29, 0.717) is 16.6 Å². The van der Waals surface area contributed by atoms with Gasteiger partial charge in [0.05, 0.1) is 17.6 Å². The predicted octanol–water partition coefficient (Wildman–Crippen LogP) is 3.05. The van der Waals surface area contributed by atoms with Gasteiger partial charge in [-0.15, -0.1) is 0 Å². The molecule has 0 amide bonds. The number of anilines is 2. The van der Waals surface area contributed by atoms with Gasteiger partial charge in [-0.3, -0.25) is 4.98 Å². The van der Waals surface area contributed by atoms with Crippen LogP contribution in [0.3, 0.4) is 0 Å². The molecule has 2 N–H and O–H groups in total. The zero-order chi connectivity index (χ0) is 14.1. The van der Waals surface area contributed by atoms with Crippen molar-refractivity contribution in [2.45, 2.75) is 13.3 Å². The molecule has 1 aliphatic rings. The van der Waals surface area contributed by atoms with Gasteiger partial charge < -0.3 is 10.6 Å². The SMILES string of the molecule is CC1Cc2ccccc2N(c2ccc(C(N)=S)nc2)C1. The minimum Gasteiger partial charge on any atom is -0.388 e. The largest absolute Gasteiger partial charge is 0.388 e. The van der Waals surface area contributed by atoms with E-state index in [-0.39, 0.29) is 0 Å². The average Bonchev–Trinajstić information content (AvgIpc) is 2.46. The first-order valence-corrected chi connectivity index (χ1v) is 7.17. The molecule has 0 radical (unpaired) electrons. The van der Waals surface area contributed by atoms with Crippen molar-refractivity contribution in [1.29, 1.82) is 0 Å². The lowest BCUT2D eigenvalue weighted by Gasteiger charge is -2.34. The highest BCUT2D eigenvalue weighted by Gasteiger charge is 2.22. The molecule has 1 unspecified atom stereocenters. The lowest BCUT2D eigenvalue weighted by atomic mass is 9.93. The van der Waals surface area contributed by atoms with E-state index < -0.39 is 0 Å². The molecular weight excluding hydrogens is 266 g/mol. The van der Waals surface area contributed by atoms with E-state index in [4.69, 9.17) is 18.0 Å². The molecule has 0 aliphatic carbocycles. The zero-order valence-electron chi connectivity index (χ0n) is 11.4. The van der Waals surface area contributed by atoms with Gasteiger partial charge in [-0.05, 0) is 36.1 Å². The number of hydrogen-bond acceptors (Lipinski definition) is 3. The first kappa shape index (κ1) is 13.1. The van der Waals surface area contributed by atoms with Crippen LogP contribution in [0.2, 0.25) is 0 Å². The van der Waals surface area contributed by atoms with E-state index in [1.165, 1.54) is 11.3 Å². The predicted molar refractivity (Wildman–Crippen MR) is 86.4 cm³/mol. The van der Waals surface area contributed by atoms with E-state index in [9.17, 15) is 0 Å². The minimum absolute atomic E-state index is 0.337. The third kappa shape index (κ3) is 2.39. The fraction of sp³-hybridized carbons (Fsp3) is 0.250. The smallest absolute Gasteiger partial charge is 0.122 e. The second-order valence-corrected chi connectivity index (χ2v) is 5.75.